The molecule has 1 saturated carbocycles. The van der Waals surface area contributed by atoms with E-state index >= 15 is 0 Å². The highest BCUT2D eigenvalue weighted by molar-refractivity contribution is 6.36. The number of nitrogens with zero attached hydrogens (tertiary/aromatic N) is 1. The molecule has 1 aromatic carbocycles. The molecule has 0 aliphatic heterocycles. The van der Waals surface area contributed by atoms with Gasteiger partial charge in [-0.2, -0.15) is 5.10 Å². The highest BCUT2D eigenvalue weighted by atomic mass is 35.5. The Labute approximate surface area is 123 Å². The summed E-state index contributed by atoms with van der Waals surface area (Å²) in [5, 5.41) is 5.07. The summed E-state index contributed by atoms with van der Waals surface area (Å²) >= 11 is 11.8. The molecule has 0 radical (unpaired) electrons. The fourth-order valence-corrected chi connectivity index (χ4v) is 2.69. The first kappa shape index (κ1) is 14.4. The van der Waals surface area contributed by atoms with Crippen LogP contribution in [0.2, 0.25) is 10.0 Å². The van der Waals surface area contributed by atoms with Crippen molar-refractivity contribution < 1.29 is 4.79 Å². The molecule has 1 atom stereocenters. The van der Waals surface area contributed by atoms with Gasteiger partial charge in [0.15, 0.2) is 0 Å². The second-order valence-corrected chi connectivity index (χ2v) is 5.66. The van der Waals surface area contributed by atoms with Gasteiger partial charge >= 0.3 is 0 Å². The fourth-order valence-electron chi connectivity index (χ4n) is 2.19. The van der Waals surface area contributed by atoms with Crippen LogP contribution in [0.3, 0.4) is 0 Å². The Bertz CT molecular complexity index is 514. The monoisotopic (exact) mass is 298 g/mol. The van der Waals surface area contributed by atoms with Crippen molar-refractivity contribution in [3.63, 3.8) is 0 Å². The second-order valence-electron chi connectivity index (χ2n) is 4.82. The van der Waals surface area contributed by atoms with Gasteiger partial charge in [0, 0.05) is 10.7 Å². The topological polar surface area (TPSA) is 41.5 Å². The van der Waals surface area contributed by atoms with Gasteiger partial charge < -0.3 is 0 Å². The molecule has 0 spiro atoms. The highest BCUT2D eigenvalue weighted by Crippen LogP contribution is 2.22. The van der Waals surface area contributed by atoms with Gasteiger partial charge in [0.05, 0.1) is 10.6 Å². The number of halogens is 2. The van der Waals surface area contributed by atoms with Gasteiger partial charge in [-0.1, -0.05) is 36.5 Å². The molecule has 1 N–H and O–H groups in total. The van der Waals surface area contributed by atoms with E-state index < -0.39 is 0 Å². The maximum absolute atomic E-state index is 12.0. The summed E-state index contributed by atoms with van der Waals surface area (Å²) < 4.78 is 0. The van der Waals surface area contributed by atoms with Gasteiger partial charge in [0.1, 0.15) is 0 Å². The van der Waals surface area contributed by atoms with Crippen LogP contribution in [0.5, 0.6) is 0 Å². The number of rotatable bonds is 2. The third kappa shape index (κ3) is 3.71. The summed E-state index contributed by atoms with van der Waals surface area (Å²) in [5.41, 5.74) is 4.03. The Morgan fingerprint density at radius 3 is 2.84 bits per heavy atom. The first-order chi connectivity index (χ1) is 9.08. The molecule has 2 rings (SSSR count). The molecule has 3 nitrogen and oxygen atoms in total. The first-order valence-corrected chi connectivity index (χ1v) is 7.15. The minimum absolute atomic E-state index is 0.299. The summed E-state index contributed by atoms with van der Waals surface area (Å²) in [7, 11) is 0. The molecule has 0 saturated heterocycles. The van der Waals surface area contributed by atoms with E-state index in [9.17, 15) is 4.79 Å². The number of hydrazone groups is 1. The third-order valence-electron chi connectivity index (χ3n) is 3.37. The van der Waals surface area contributed by atoms with E-state index in [4.69, 9.17) is 23.2 Å². The largest absolute Gasteiger partial charge is 0.272 e. The number of carbonyl (C=O) groups excluding carboxylic acids is 1. The second kappa shape index (κ2) is 6.40. The smallest absolute Gasteiger partial charge is 0.267 e. The number of hydrogen-bond acceptors (Lipinski definition) is 2. The van der Waals surface area contributed by atoms with Crippen LogP contribution in [-0.4, -0.2) is 11.6 Å². The van der Waals surface area contributed by atoms with Crippen LogP contribution in [0, 0.1) is 5.92 Å². The number of benzene rings is 1. The predicted molar refractivity (Wildman–Crippen MR) is 79.0 cm³/mol. The maximum atomic E-state index is 12.0. The van der Waals surface area contributed by atoms with Crippen LogP contribution in [-0.2, 0) is 0 Å². The Kier molecular flexibility index (Phi) is 4.83. The van der Waals surface area contributed by atoms with Crippen molar-refractivity contribution in [3.8, 4) is 0 Å². The van der Waals surface area contributed by atoms with Gasteiger partial charge in [-0.15, -0.1) is 0 Å². The Morgan fingerprint density at radius 1 is 1.37 bits per heavy atom. The molecule has 0 bridgehead atoms. The zero-order chi connectivity index (χ0) is 13.8. The molecule has 102 valence electrons. The van der Waals surface area contributed by atoms with Crippen LogP contribution >= 0.6 is 23.2 Å². The first-order valence-electron chi connectivity index (χ1n) is 6.40. The van der Waals surface area contributed by atoms with Crippen LogP contribution in [0.25, 0.3) is 0 Å². The van der Waals surface area contributed by atoms with E-state index in [2.05, 4.69) is 17.5 Å². The van der Waals surface area contributed by atoms with E-state index in [0.717, 1.165) is 25.0 Å². The van der Waals surface area contributed by atoms with Crippen molar-refractivity contribution in [3.05, 3.63) is 33.8 Å². The number of hydrogen-bond donors (Lipinski definition) is 1. The lowest BCUT2D eigenvalue weighted by Gasteiger charge is -2.19. The maximum Gasteiger partial charge on any atom is 0.272 e. The van der Waals surface area contributed by atoms with E-state index in [0.29, 0.717) is 21.5 Å². The van der Waals surface area contributed by atoms with Crippen molar-refractivity contribution >= 4 is 34.8 Å². The van der Waals surface area contributed by atoms with Crippen molar-refractivity contribution in [2.24, 2.45) is 11.0 Å². The van der Waals surface area contributed by atoms with Crippen LogP contribution in [0.15, 0.2) is 23.3 Å². The Hall–Kier alpha value is -1.06. The minimum atomic E-state index is -0.299. The number of carbonyl (C=O) groups is 1. The third-order valence-corrected chi connectivity index (χ3v) is 3.91. The number of amides is 1. The average Bonchev–Trinajstić information content (AvgIpc) is 2.37. The van der Waals surface area contributed by atoms with Crippen molar-refractivity contribution in [2.45, 2.75) is 32.6 Å². The quantitative estimate of drug-likeness (QED) is 0.813. The molecule has 0 aromatic heterocycles. The average molecular weight is 299 g/mol. The van der Waals surface area contributed by atoms with E-state index in [1.165, 1.54) is 6.42 Å². The summed E-state index contributed by atoms with van der Waals surface area (Å²) in [4.78, 5) is 12.0. The SMILES string of the molecule is C[C@H]1CCCC/C1=N/NC(=O)c1ccc(Cl)cc1Cl. The van der Waals surface area contributed by atoms with Crippen LogP contribution in [0.4, 0.5) is 0 Å². The van der Waals surface area contributed by atoms with Gasteiger partial charge in [-0.25, -0.2) is 5.43 Å². The summed E-state index contributed by atoms with van der Waals surface area (Å²) in [5.74, 6) is 0.140. The molecule has 1 aliphatic rings. The van der Waals surface area contributed by atoms with Crippen molar-refractivity contribution in [1.29, 1.82) is 0 Å². The standard InChI is InChI=1S/C14H16Cl2N2O/c1-9-4-2-3-5-13(9)17-18-14(19)11-7-6-10(15)8-12(11)16/h6-9H,2-5H2,1H3,(H,18,19)/b17-13-/t9-/m0/s1. The van der Waals surface area contributed by atoms with Crippen LogP contribution in [0.1, 0.15) is 43.0 Å². The molecular formula is C14H16Cl2N2O. The van der Waals surface area contributed by atoms with E-state index in [1.54, 1.807) is 18.2 Å². The van der Waals surface area contributed by atoms with Crippen molar-refractivity contribution in [1.82, 2.24) is 5.43 Å². The molecule has 19 heavy (non-hydrogen) atoms. The van der Waals surface area contributed by atoms with E-state index in [1.807, 2.05) is 0 Å². The Morgan fingerprint density at radius 2 is 2.16 bits per heavy atom. The Balaban J connectivity index is 2.06. The summed E-state index contributed by atoms with van der Waals surface area (Å²) in [6.45, 7) is 2.14. The zero-order valence-electron chi connectivity index (χ0n) is 10.7. The fraction of sp³-hybridized carbons (Fsp3) is 0.429. The summed E-state index contributed by atoms with van der Waals surface area (Å²) in [6, 6.07) is 4.79. The molecular weight excluding hydrogens is 283 g/mol. The molecule has 1 amide bonds. The molecule has 1 aliphatic carbocycles. The van der Waals surface area contributed by atoms with Crippen LogP contribution < -0.4 is 5.43 Å². The normalized spacial score (nSPS) is 21.4. The minimum Gasteiger partial charge on any atom is -0.267 e. The van der Waals surface area contributed by atoms with Gasteiger partial charge in [-0.3, -0.25) is 4.79 Å². The van der Waals surface area contributed by atoms with Gasteiger partial charge in [0.25, 0.3) is 5.91 Å². The van der Waals surface area contributed by atoms with E-state index in [-0.39, 0.29) is 5.91 Å². The molecule has 5 heteroatoms. The molecule has 0 heterocycles. The zero-order valence-corrected chi connectivity index (χ0v) is 12.3. The lowest BCUT2D eigenvalue weighted by Crippen LogP contribution is -2.24. The lowest BCUT2D eigenvalue weighted by molar-refractivity contribution is 0.0954. The highest BCUT2D eigenvalue weighted by Gasteiger charge is 2.17. The predicted octanol–water partition coefficient (Wildman–Crippen LogP) is 4.29. The molecule has 1 fully saturated rings. The lowest BCUT2D eigenvalue weighted by atomic mass is 9.89. The molecule has 1 aromatic rings. The molecule has 0 unspecified atom stereocenters. The van der Waals surface area contributed by atoms with Gasteiger partial charge in [0.2, 0.25) is 0 Å². The summed E-state index contributed by atoms with van der Waals surface area (Å²) in [6.07, 6.45) is 4.46. The van der Waals surface area contributed by atoms with Gasteiger partial charge in [-0.05, 0) is 43.4 Å². The number of nitrogens with one attached hydrogen (secondary N) is 1. The van der Waals surface area contributed by atoms with Crippen molar-refractivity contribution in [2.75, 3.05) is 0 Å².